The molecule has 1 aliphatic heterocycles. The van der Waals surface area contributed by atoms with Crippen LogP contribution in [0, 0.1) is 13.8 Å². The van der Waals surface area contributed by atoms with Gasteiger partial charge in [0.05, 0.1) is 11.2 Å². The second kappa shape index (κ2) is 8.59. The van der Waals surface area contributed by atoms with Crippen LogP contribution in [-0.2, 0) is 4.74 Å². The highest BCUT2D eigenvalue weighted by Gasteiger charge is 2.21. The van der Waals surface area contributed by atoms with Gasteiger partial charge in [-0.3, -0.25) is 0 Å². The highest BCUT2D eigenvalue weighted by Crippen LogP contribution is 2.22. The molecule has 0 saturated carbocycles. The van der Waals surface area contributed by atoms with Crippen molar-refractivity contribution in [3.05, 3.63) is 29.5 Å². The van der Waals surface area contributed by atoms with E-state index in [1.165, 1.54) is 5.56 Å². The molecule has 2 heterocycles. The van der Waals surface area contributed by atoms with E-state index in [9.17, 15) is 0 Å². The number of aryl methyl sites for hydroxylation is 2. The lowest BCUT2D eigenvalue weighted by Crippen LogP contribution is -2.43. The maximum absolute atomic E-state index is 5.39. The second-order valence-electron chi connectivity index (χ2n) is 6.90. The lowest BCUT2D eigenvalue weighted by Gasteiger charge is -2.32. The van der Waals surface area contributed by atoms with Crippen molar-refractivity contribution in [3.8, 4) is 0 Å². The number of hydrogen-bond donors (Lipinski definition) is 1. The molecule has 0 atom stereocenters. The number of rotatable bonds is 7. The van der Waals surface area contributed by atoms with Crippen molar-refractivity contribution in [2.75, 3.05) is 37.7 Å². The number of nitrogens with one attached hydrogen (secondary N) is 1. The Morgan fingerprint density at radius 3 is 2.76 bits per heavy atom. The van der Waals surface area contributed by atoms with Gasteiger partial charge in [0.1, 0.15) is 0 Å². The summed E-state index contributed by atoms with van der Waals surface area (Å²) in [6.45, 7) is 11.0. The van der Waals surface area contributed by atoms with Crippen molar-refractivity contribution < 1.29 is 4.74 Å². The van der Waals surface area contributed by atoms with Gasteiger partial charge in [0.25, 0.3) is 0 Å². The van der Waals surface area contributed by atoms with Gasteiger partial charge in [0.2, 0.25) is 5.95 Å². The molecular formula is C20H30N4O. The summed E-state index contributed by atoms with van der Waals surface area (Å²) < 4.78 is 5.39. The van der Waals surface area contributed by atoms with Gasteiger partial charge in [-0.25, -0.2) is 9.97 Å². The summed E-state index contributed by atoms with van der Waals surface area (Å²) in [6, 6.07) is 7.00. The number of ether oxygens (including phenoxy) is 1. The van der Waals surface area contributed by atoms with E-state index in [0.717, 1.165) is 74.7 Å². The molecule has 5 heteroatoms. The lowest BCUT2D eigenvalue weighted by molar-refractivity contribution is 0.143. The van der Waals surface area contributed by atoms with Crippen LogP contribution in [0.4, 0.5) is 5.95 Å². The summed E-state index contributed by atoms with van der Waals surface area (Å²) in [5.74, 6) is 0.878. The number of aromatic nitrogens is 2. The van der Waals surface area contributed by atoms with Crippen LogP contribution in [0.2, 0.25) is 0 Å². The van der Waals surface area contributed by atoms with Crippen LogP contribution in [0.15, 0.2) is 18.2 Å². The van der Waals surface area contributed by atoms with Gasteiger partial charge in [-0.15, -0.1) is 0 Å². The van der Waals surface area contributed by atoms with Crippen LogP contribution in [0.5, 0.6) is 0 Å². The zero-order chi connectivity index (χ0) is 17.6. The zero-order valence-electron chi connectivity index (χ0n) is 15.7. The largest absolute Gasteiger partial charge is 0.382 e. The number of fused-ring (bicyclic) bond motifs is 1. The molecule has 0 unspecified atom stereocenters. The highest BCUT2D eigenvalue weighted by atomic mass is 16.5. The van der Waals surface area contributed by atoms with Crippen molar-refractivity contribution in [1.82, 2.24) is 15.3 Å². The number of piperidine rings is 1. The van der Waals surface area contributed by atoms with Gasteiger partial charge >= 0.3 is 0 Å². The van der Waals surface area contributed by atoms with E-state index in [-0.39, 0.29) is 0 Å². The summed E-state index contributed by atoms with van der Waals surface area (Å²) >= 11 is 0. The van der Waals surface area contributed by atoms with Crippen molar-refractivity contribution in [1.29, 1.82) is 0 Å². The Kier molecular flexibility index (Phi) is 6.21. The normalized spacial score (nSPS) is 15.9. The third-order valence-corrected chi connectivity index (χ3v) is 4.91. The average molecular weight is 342 g/mol. The van der Waals surface area contributed by atoms with Gasteiger partial charge in [-0.2, -0.15) is 0 Å². The van der Waals surface area contributed by atoms with Crippen LogP contribution < -0.4 is 10.2 Å². The fraction of sp³-hybridized carbons (Fsp3) is 0.600. The Hall–Kier alpha value is -1.72. The van der Waals surface area contributed by atoms with Gasteiger partial charge in [-0.1, -0.05) is 11.6 Å². The minimum absolute atomic E-state index is 0.599. The lowest BCUT2D eigenvalue weighted by atomic mass is 10.1. The monoisotopic (exact) mass is 342 g/mol. The molecule has 5 nitrogen and oxygen atoms in total. The quantitative estimate of drug-likeness (QED) is 0.783. The van der Waals surface area contributed by atoms with Crippen molar-refractivity contribution in [2.24, 2.45) is 0 Å². The number of benzene rings is 1. The standard InChI is InChI=1S/C20H30N4O/c1-4-25-13-5-10-21-17-8-11-24(12-9-17)20-22-16(3)18-14-15(2)6-7-19(18)23-20/h6-7,14,17,21H,4-5,8-13H2,1-3H3. The first-order valence-corrected chi connectivity index (χ1v) is 9.48. The zero-order valence-corrected chi connectivity index (χ0v) is 15.7. The first-order valence-electron chi connectivity index (χ1n) is 9.48. The molecule has 0 bridgehead atoms. The van der Waals surface area contributed by atoms with Crippen LogP contribution in [0.3, 0.4) is 0 Å². The molecule has 1 aromatic heterocycles. The molecule has 25 heavy (non-hydrogen) atoms. The molecule has 3 rings (SSSR count). The first kappa shape index (κ1) is 18.1. The second-order valence-corrected chi connectivity index (χ2v) is 6.90. The molecule has 1 saturated heterocycles. The fourth-order valence-corrected chi connectivity index (χ4v) is 3.43. The Bertz CT molecular complexity index is 695. The summed E-state index contributed by atoms with van der Waals surface area (Å²) in [4.78, 5) is 11.9. The van der Waals surface area contributed by atoms with E-state index < -0.39 is 0 Å². The minimum atomic E-state index is 0.599. The molecule has 1 fully saturated rings. The average Bonchev–Trinajstić information content (AvgIpc) is 2.62. The summed E-state index contributed by atoms with van der Waals surface area (Å²) in [6.07, 6.45) is 3.37. The van der Waals surface area contributed by atoms with Crippen LogP contribution in [-0.4, -0.2) is 48.9 Å². The molecule has 1 aliphatic rings. The molecule has 0 spiro atoms. The molecule has 1 aromatic carbocycles. The van der Waals surface area contributed by atoms with E-state index in [2.05, 4.69) is 42.3 Å². The molecule has 0 aliphatic carbocycles. The highest BCUT2D eigenvalue weighted by molar-refractivity contribution is 5.82. The van der Waals surface area contributed by atoms with E-state index in [4.69, 9.17) is 14.7 Å². The predicted octanol–water partition coefficient (Wildman–Crippen LogP) is 3.23. The minimum Gasteiger partial charge on any atom is -0.382 e. The summed E-state index contributed by atoms with van der Waals surface area (Å²) in [5, 5.41) is 4.81. The topological polar surface area (TPSA) is 50.3 Å². The van der Waals surface area contributed by atoms with E-state index >= 15 is 0 Å². The fourth-order valence-electron chi connectivity index (χ4n) is 3.43. The predicted molar refractivity (Wildman–Crippen MR) is 103 cm³/mol. The van der Waals surface area contributed by atoms with Crippen molar-refractivity contribution >= 4 is 16.9 Å². The third kappa shape index (κ3) is 4.67. The Labute approximate surface area is 150 Å². The molecular weight excluding hydrogens is 312 g/mol. The molecule has 2 aromatic rings. The van der Waals surface area contributed by atoms with Gasteiger partial charge in [-0.05, 0) is 58.7 Å². The maximum atomic E-state index is 5.39. The number of anilines is 1. The molecule has 1 N–H and O–H groups in total. The van der Waals surface area contributed by atoms with Crippen molar-refractivity contribution in [2.45, 2.75) is 46.1 Å². The van der Waals surface area contributed by atoms with Gasteiger partial charge < -0.3 is 15.0 Å². The van der Waals surface area contributed by atoms with Crippen LogP contribution >= 0.6 is 0 Å². The smallest absolute Gasteiger partial charge is 0.226 e. The van der Waals surface area contributed by atoms with E-state index in [1.807, 2.05) is 6.92 Å². The van der Waals surface area contributed by atoms with Gasteiger partial charge in [0.15, 0.2) is 0 Å². The Morgan fingerprint density at radius 2 is 2.00 bits per heavy atom. The molecule has 0 radical (unpaired) electrons. The number of hydrogen-bond acceptors (Lipinski definition) is 5. The summed E-state index contributed by atoms with van der Waals surface area (Å²) in [7, 11) is 0. The maximum Gasteiger partial charge on any atom is 0.226 e. The van der Waals surface area contributed by atoms with Crippen LogP contribution in [0.25, 0.3) is 10.9 Å². The van der Waals surface area contributed by atoms with E-state index in [1.54, 1.807) is 0 Å². The van der Waals surface area contributed by atoms with Gasteiger partial charge in [0, 0.05) is 37.7 Å². The Morgan fingerprint density at radius 1 is 1.20 bits per heavy atom. The SMILES string of the molecule is CCOCCCNC1CCN(c2nc(C)c3cc(C)ccc3n2)CC1. The number of nitrogens with zero attached hydrogens (tertiary/aromatic N) is 3. The van der Waals surface area contributed by atoms with E-state index in [0.29, 0.717) is 6.04 Å². The molecule has 0 amide bonds. The molecule has 136 valence electrons. The summed E-state index contributed by atoms with van der Waals surface area (Å²) in [5.41, 5.74) is 3.37. The third-order valence-electron chi connectivity index (χ3n) is 4.91. The Balaban J connectivity index is 1.56. The first-order chi connectivity index (χ1) is 12.2. The van der Waals surface area contributed by atoms with Crippen molar-refractivity contribution in [3.63, 3.8) is 0 Å². The van der Waals surface area contributed by atoms with Crippen LogP contribution in [0.1, 0.15) is 37.4 Å².